The Labute approximate surface area is 132 Å². The Balaban J connectivity index is 1.93. The van der Waals surface area contributed by atoms with Gasteiger partial charge >= 0.3 is 7.12 Å². The van der Waals surface area contributed by atoms with Crippen LogP contribution in [0.5, 0.6) is 0 Å². The summed E-state index contributed by atoms with van der Waals surface area (Å²) in [5.41, 5.74) is -0.819. The summed E-state index contributed by atoms with van der Waals surface area (Å²) in [4.78, 5) is 0. The molecule has 0 amide bonds. The molecule has 2 rings (SSSR count). The molecule has 2 N–H and O–H groups in total. The van der Waals surface area contributed by atoms with Gasteiger partial charge in [-0.2, -0.15) is 0 Å². The van der Waals surface area contributed by atoms with E-state index in [4.69, 9.17) is 31.1 Å². The molecular formula is C14H24BClN2O3. The van der Waals surface area contributed by atoms with E-state index in [-0.39, 0.29) is 16.9 Å². The van der Waals surface area contributed by atoms with Crippen molar-refractivity contribution in [3.8, 4) is 0 Å². The van der Waals surface area contributed by atoms with E-state index in [1.54, 1.807) is 6.20 Å². The SMILES string of the molecule is CC1(C)OB(C(=N)/C(Cl)=C\NC2CCCCO2)OC1(C)C. The number of ether oxygens (including phenoxy) is 1. The van der Waals surface area contributed by atoms with Gasteiger partial charge in [-0.3, -0.25) is 0 Å². The smallest absolute Gasteiger partial charge is 0.398 e. The van der Waals surface area contributed by atoms with Crippen molar-refractivity contribution in [3.05, 3.63) is 11.2 Å². The van der Waals surface area contributed by atoms with Crippen LogP contribution in [-0.2, 0) is 14.0 Å². The Morgan fingerprint density at radius 1 is 1.24 bits per heavy atom. The van der Waals surface area contributed by atoms with Crippen LogP contribution < -0.4 is 5.32 Å². The second-order valence-corrected chi connectivity index (χ2v) is 6.92. The molecule has 0 spiro atoms. The van der Waals surface area contributed by atoms with E-state index in [0.717, 1.165) is 25.9 Å². The van der Waals surface area contributed by atoms with Gasteiger partial charge in [-0.05, 0) is 47.0 Å². The van der Waals surface area contributed by atoms with Gasteiger partial charge in [0.15, 0.2) is 0 Å². The molecule has 118 valence electrons. The maximum absolute atomic E-state index is 8.13. The Morgan fingerprint density at radius 3 is 2.38 bits per heavy atom. The zero-order valence-electron chi connectivity index (χ0n) is 13.2. The number of halogens is 1. The summed E-state index contributed by atoms with van der Waals surface area (Å²) in [6, 6.07) is 0. The summed E-state index contributed by atoms with van der Waals surface area (Å²) >= 11 is 6.18. The molecule has 0 aromatic rings. The van der Waals surface area contributed by atoms with Crippen LogP contribution in [0.4, 0.5) is 0 Å². The first kappa shape index (κ1) is 16.8. The van der Waals surface area contributed by atoms with E-state index < -0.39 is 18.3 Å². The van der Waals surface area contributed by atoms with Crippen LogP contribution in [0, 0.1) is 5.41 Å². The van der Waals surface area contributed by atoms with Crippen molar-refractivity contribution in [2.75, 3.05) is 6.61 Å². The van der Waals surface area contributed by atoms with Gasteiger partial charge in [0.25, 0.3) is 0 Å². The molecule has 0 aliphatic carbocycles. The highest BCUT2D eigenvalue weighted by atomic mass is 35.5. The number of hydrogen-bond donors (Lipinski definition) is 2. The number of allylic oxidation sites excluding steroid dienone is 1. The Morgan fingerprint density at radius 2 is 1.86 bits per heavy atom. The fourth-order valence-electron chi connectivity index (χ4n) is 2.19. The minimum absolute atomic E-state index is 0.0291. The first-order valence-electron chi connectivity index (χ1n) is 7.41. The molecule has 0 bridgehead atoms. The average molecular weight is 315 g/mol. The van der Waals surface area contributed by atoms with Crippen molar-refractivity contribution in [2.45, 2.75) is 64.4 Å². The van der Waals surface area contributed by atoms with Crippen molar-refractivity contribution in [1.29, 1.82) is 5.41 Å². The minimum Gasteiger partial charge on any atom is -0.398 e. The maximum Gasteiger partial charge on any atom is 0.515 e. The predicted octanol–water partition coefficient (Wildman–Crippen LogP) is 2.83. The normalized spacial score (nSPS) is 28.5. The Bertz CT molecular complexity index is 418. The van der Waals surface area contributed by atoms with E-state index in [0.29, 0.717) is 0 Å². The third-order valence-electron chi connectivity index (χ3n) is 4.32. The summed E-state index contributed by atoms with van der Waals surface area (Å²) in [6.07, 6.45) is 4.76. The average Bonchev–Trinajstić information content (AvgIpc) is 2.65. The molecule has 2 aliphatic heterocycles. The van der Waals surface area contributed by atoms with Gasteiger partial charge in [0.05, 0.1) is 21.8 Å². The molecule has 1 atom stereocenters. The largest absolute Gasteiger partial charge is 0.515 e. The fourth-order valence-corrected chi connectivity index (χ4v) is 2.34. The van der Waals surface area contributed by atoms with Crippen LogP contribution in [0.15, 0.2) is 11.2 Å². The standard InChI is InChI=1S/C14H24BClN2O3/c1-13(2)14(3,4)21-15(20-13)12(17)10(16)9-18-11-7-5-6-8-19-11/h9,11,17-18H,5-8H2,1-4H3/b10-9+,17-12?. The monoisotopic (exact) mass is 314 g/mol. The molecule has 5 nitrogen and oxygen atoms in total. The zero-order chi connectivity index (χ0) is 15.7. The molecular weight excluding hydrogens is 290 g/mol. The molecule has 0 aromatic carbocycles. The molecule has 0 aromatic heterocycles. The number of nitrogens with one attached hydrogen (secondary N) is 2. The molecule has 2 aliphatic rings. The highest BCUT2D eigenvalue weighted by Gasteiger charge is 2.53. The van der Waals surface area contributed by atoms with E-state index in [1.165, 1.54) is 0 Å². The lowest BCUT2D eigenvalue weighted by molar-refractivity contribution is 0.00335. The zero-order valence-corrected chi connectivity index (χ0v) is 13.9. The Hall–Kier alpha value is -0.555. The first-order valence-corrected chi connectivity index (χ1v) is 7.78. The topological polar surface area (TPSA) is 63.6 Å². The van der Waals surface area contributed by atoms with Crippen LogP contribution in [0.2, 0.25) is 0 Å². The van der Waals surface area contributed by atoms with Crippen molar-refractivity contribution < 1.29 is 14.0 Å². The fraction of sp³-hybridized carbons (Fsp3) is 0.786. The van der Waals surface area contributed by atoms with Crippen LogP contribution in [-0.4, -0.2) is 36.8 Å². The summed E-state index contributed by atoms with van der Waals surface area (Å²) in [5, 5.41) is 11.5. The lowest BCUT2D eigenvalue weighted by atomic mass is 9.82. The van der Waals surface area contributed by atoms with Crippen LogP contribution in [0.1, 0.15) is 47.0 Å². The second-order valence-electron chi connectivity index (χ2n) is 6.52. The summed E-state index contributed by atoms with van der Waals surface area (Å²) in [6.45, 7) is 8.56. The van der Waals surface area contributed by atoms with Crippen molar-refractivity contribution >= 4 is 24.3 Å². The van der Waals surface area contributed by atoms with Crippen molar-refractivity contribution in [2.24, 2.45) is 0 Å². The van der Waals surface area contributed by atoms with E-state index in [9.17, 15) is 0 Å². The van der Waals surface area contributed by atoms with Gasteiger partial charge in [-0.25, -0.2) is 0 Å². The van der Waals surface area contributed by atoms with Crippen LogP contribution in [0.25, 0.3) is 0 Å². The third kappa shape index (κ3) is 3.80. The lowest BCUT2D eigenvalue weighted by Gasteiger charge is -2.32. The quantitative estimate of drug-likeness (QED) is 0.618. The second kappa shape index (κ2) is 6.28. The van der Waals surface area contributed by atoms with E-state index in [1.807, 2.05) is 27.7 Å². The van der Waals surface area contributed by atoms with Gasteiger partial charge in [-0.1, -0.05) is 11.6 Å². The van der Waals surface area contributed by atoms with E-state index in [2.05, 4.69) is 5.32 Å². The maximum atomic E-state index is 8.13. The summed E-state index contributed by atoms with van der Waals surface area (Å²) in [7, 11) is -0.743. The molecule has 0 radical (unpaired) electrons. The van der Waals surface area contributed by atoms with Gasteiger partial charge in [0.2, 0.25) is 0 Å². The van der Waals surface area contributed by atoms with Gasteiger partial charge in [-0.15, -0.1) is 0 Å². The number of hydrogen-bond acceptors (Lipinski definition) is 5. The number of rotatable bonds is 4. The lowest BCUT2D eigenvalue weighted by Crippen LogP contribution is -2.41. The van der Waals surface area contributed by atoms with Crippen molar-refractivity contribution in [3.63, 3.8) is 0 Å². The predicted molar refractivity (Wildman–Crippen MR) is 84.5 cm³/mol. The van der Waals surface area contributed by atoms with Crippen molar-refractivity contribution in [1.82, 2.24) is 5.32 Å². The van der Waals surface area contributed by atoms with Gasteiger partial charge in [0, 0.05) is 12.8 Å². The molecule has 2 saturated heterocycles. The van der Waals surface area contributed by atoms with Gasteiger partial charge < -0.3 is 24.8 Å². The van der Waals surface area contributed by atoms with Gasteiger partial charge in [0.1, 0.15) is 6.23 Å². The van der Waals surface area contributed by atoms with Crippen LogP contribution in [0.3, 0.4) is 0 Å². The molecule has 2 fully saturated rings. The van der Waals surface area contributed by atoms with Crippen LogP contribution >= 0.6 is 11.6 Å². The molecule has 1 unspecified atom stereocenters. The molecule has 2 heterocycles. The first-order chi connectivity index (χ1) is 9.73. The highest BCUT2D eigenvalue weighted by Crippen LogP contribution is 2.37. The minimum atomic E-state index is -0.743. The van der Waals surface area contributed by atoms with E-state index >= 15 is 0 Å². The Kier molecular flexibility index (Phi) is 5.03. The highest BCUT2D eigenvalue weighted by molar-refractivity contribution is 6.88. The summed E-state index contributed by atoms with van der Waals surface area (Å²) in [5.74, 6) is 0. The molecule has 21 heavy (non-hydrogen) atoms. The molecule has 7 heteroatoms. The third-order valence-corrected chi connectivity index (χ3v) is 4.63. The summed E-state index contributed by atoms with van der Waals surface area (Å²) < 4.78 is 17.2. The molecule has 0 saturated carbocycles.